The maximum atomic E-state index is 13.5. The number of carbonyl (C=O) groups excluding carboxylic acids is 2. The van der Waals surface area contributed by atoms with Crippen LogP contribution in [0, 0.1) is 28.1 Å². The summed E-state index contributed by atoms with van der Waals surface area (Å²) in [5, 5.41) is 31.5. The normalized spacial score (nSPS) is 60.4. The van der Waals surface area contributed by atoms with Crippen molar-refractivity contribution >= 4 is 11.8 Å². The van der Waals surface area contributed by atoms with E-state index in [9.17, 15) is 24.9 Å². The number of aliphatic hydroxyl groups is 3. The van der Waals surface area contributed by atoms with Crippen LogP contribution in [0.1, 0.15) is 58.8 Å². The molecule has 0 aromatic carbocycles. The van der Waals surface area contributed by atoms with Gasteiger partial charge in [0.25, 0.3) is 0 Å². The van der Waals surface area contributed by atoms with E-state index in [1.807, 2.05) is 13.8 Å². The summed E-state index contributed by atoms with van der Waals surface area (Å²) in [5.74, 6) is -1.08. The standard InChI is InChI=1S/C20H28O6/c1-16-7-11(22)8-20(26-15(16)24)13(16)3-4-18-10-19(25,6-5-17(18,20)2)12(9-21)14(18)23/h11-13,21-22,25H,3-10H2,1-2H3/t11-,12-,13+,16+,17-,18-,19-,20-/m0/s1. The lowest BCUT2D eigenvalue weighted by atomic mass is 9.39. The lowest BCUT2D eigenvalue weighted by molar-refractivity contribution is -0.240. The summed E-state index contributed by atoms with van der Waals surface area (Å²) in [6.07, 6.45) is 2.78. The first-order chi connectivity index (χ1) is 12.1. The molecule has 1 saturated heterocycles. The molecule has 3 N–H and O–H groups in total. The molecule has 6 heteroatoms. The Labute approximate surface area is 152 Å². The number of ether oxygens (including phenoxy) is 1. The van der Waals surface area contributed by atoms with Crippen LogP contribution in [0.4, 0.5) is 0 Å². The number of esters is 1. The topological polar surface area (TPSA) is 104 Å². The number of Topliss-reactive ketones (excluding diaryl/α,β-unsaturated/α-hetero) is 1. The molecular weight excluding hydrogens is 336 g/mol. The van der Waals surface area contributed by atoms with Crippen LogP contribution in [-0.4, -0.2) is 51.0 Å². The minimum absolute atomic E-state index is 0.00584. The van der Waals surface area contributed by atoms with Crippen LogP contribution in [0.2, 0.25) is 0 Å². The van der Waals surface area contributed by atoms with Crippen molar-refractivity contribution in [3.63, 3.8) is 0 Å². The molecular formula is C20H28O6. The molecule has 0 radical (unpaired) electrons. The van der Waals surface area contributed by atoms with Crippen LogP contribution in [-0.2, 0) is 14.3 Å². The van der Waals surface area contributed by atoms with Gasteiger partial charge in [0.1, 0.15) is 11.4 Å². The van der Waals surface area contributed by atoms with Crippen LogP contribution in [0.5, 0.6) is 0 Å². The molecule has 5 aliphatic rings. The van der Waals surface area contributed by atoms with Crippen LogP contribution >= 0.6 is 0 Å². The highest BCUT2D eigenvalue weighted by Gasteiger charge is 2.82. The molecule has 4 aliphatic carbocycles. The molecule has 1 heterocycles. The lowest BCUT2D eigenvalue weighted by Gasteiger charge is -2.64. The van der Waals surface area contributed by atoms with E-state index >= 15 is 0 Å². The van der Waals surface area contributed by atoms with Gasteiger partial charge in [-0.2, -0.15) is 0 Å². The maximum absolute atomic E-state index is 13.5. The zero-order valence-corrected chi connectivity index (χ0v) is 15.5. The van der Waals surface area contributed by atoms with Crippen LogP contribution in [0.3, 0.4) is 0 Å². The number of hydrogen-bond donors (Lipinski definition) is 3. The third-order valence-electron chi connectivity index (χ3n) is 9.41. The number of hydrogen-bond acceptors (Lipinski definition) is 6. The van der Waals surface area contributed by atoms with Gasteiger partial charge in [-0.15, -0.1) is 0 Å². The summed E-state index contributed by atoms with van der Waals surface area (Å²) in [4.78, 5) is 26.3. The average molecular weight is 364 g/mol. The van der Waals surface area contributed by atoms with Crippen LogP contribution in [0.15, 0.2) is 0 Å². The summed E-state index contributed by atoms with van der Waals surface area (Å²) in [7, 11) is 0. The van der Waals surface area contributed by atoms with Gasteiger partial charge in [0, 0.05) is 23.2 Å². The highest BCUT2D eigenvalue weighted by Crippen LogP contribution is 2.77. The smallest absolute Gasteiger partial charge is 0.312 e. The second-order valence-corrected chi connectivity index (χ2v) is 10.1. The first-order valence-electron chi connectivity index (χ1n) is 9.88. The summed E-state index contributed by atoms with van der Waals surface area (Å²) in [5.41, 5.74) is -4.12. The number of ketones is 1. The summed E-state index contributed by atoms with van der Waals surface area (Å²) in [6, 6.07) is 0. The highest BCUT2D eigenvalue weighted by atomic mass is 16.6. The molecule has 26 heavy (non-hydrogen) atoms. The minimum atomic E-state index is -1.16. The minimum Gasteiger partial charge on any atom is -0.458 e. The average Bonchev–Trinajstić information content (AvgIpc) is 2.82. The monoisotopic (exact) mass is 364 g/mol. The van der Waals surface area contributed by atoms with E-state index in [2.05, 4.69) is 0 Å². The Bertz CT molecular complexity index is 721. The number of rotatable bonds is 1. The molecule has 5 fully saturated rings. The van der Waals surface area contributed by atoms with Gasteiger partial charge in [0.2, 0.25) is 0 Å². The maximum Gasteiger partial charge on any atom is 0.312 e. The Balaban J connectivity index is 1.71. The van der Waals surface area contributed by atoms with E-state index in [4.69, 9.17) is 4.74 Å². The highest BCUT2D eigenvalue weighted by molar-refractivity contribution is 5.93. The summed E-state index contributed by atoms with van der Waals surface area (Å²) < 4.78 is 6.12. The van der Waals surface area contributed by atoms with Gasteiger partial charge in [-0.25, -0.2) is 0 Å². The van der Waals surface area contributed by atoms with E-state index in [0.29, 0.717) is 44.9 Å². The SMILES string of the molecule is C[C@]12CC[C@]3(O)C[C@@]1(CC[C@@H]1[C@@]4(C)C[C@H](O)C[C@]12OC4=O)C(=O)[C@@H]3CO. The predicted molar refractivity (Wildman–Crippen MR) is 89.8 cm³/mol. The Kier molecular flexibility index (Phi) is 2.99. The van der Waals surface area contributed by atoms with Gasteiger partial charge in [-0.05, 0) is 45.4 Å². The predicted octanol–water partition coefficient (Wildman–Crippen LogP) is 0.952. The molecule has 0 aromatic heterocycles. The Hall–Kier alpha value is -0.980. The molecule has 0 amide bonds. The van der Waals surface area contributed by atoms with Crippen molar-refractivity contribution < 1.29 is 29.6 Å². The number of fused-ring (bicyclic) bond motifs is 1. The first kappa shape index (κ1) is 17.1. The van der Waals surface area contributed by atoms with E-state index in [1.165, 1.54) is 0 Å². The summed E-state index contributed by atoms with van der Waals surface area (Å²) in [6.45, 7) is 3.59. The molecule has 144 valence electrons. The fraction of sp³-hybridized carbons (Fsp3) is 0.900. The number of carbonyl (C=O) groups is 2. The van der Waals surface area contributed by atoms with Crippen LogP contribution < -0.4 is 0 Å². The van der Waals surface area contributed by atoms with Gasteiger partial charge in [-0.3, -0.25) is 9.59 Å². The Morgan fingerprint density at radius 2 is 1.88 bits per heavy atom. The van der Waals surface area contributed by atoms with Crippen molar-refractivity contribution in [2.45, 2.75) is 76.1 Å². The lowest BCUT2D eigenvalue weighted by Crippen LogP contribution is -2.68. The van der Waals surface area contributed by atoms with Crippen molar-refractivity contribution in [2.75, 3.05) is 6.61 Å². The van der Waals surface area contributed by atoms with Crippen molar-refractivity contribution in [3.05, 3.63) is 0 Å². The Morgan fingerprint density at radius 1 is 1.15 bits per heavy atom. The van der Waals surface area contributed by atoms with Crippen molar-refractivity contribution in [1.29, 1.82) is 0 Å². The molecule has 6 nitrogen and oxygen atoms in total. The van der Waals surface area contributed by atoms with Gasteiger partial charge in [0.05, 0.1) is 29.6 Å². The van der Waals surface area contributed by atoms with Gasteiger partial charge in [-0.1, -0.05) is 6.92 Å². The van der Waals surface area contributed by atoms with Gasteiger partial charge in [0.15, 0.2) is 0 Å². The van der Waals surface area contributed by atoms with E-state index in [0.717, 1.165) is 0 Å². The van der Waals surface area contributed by atoms with Crippen molar-refractivity contribution in [1.82, 2.24) is 0 Å². The quantitative estimate of drug-likeness (QED) is 0.599. The fourth-order valence-corrected chi connectivity index (χ4v) is 8.10. The molecule has 1 aliphatic heterocycles. The van der Waals surface area contributed by atoms with Gasteiger partial charge < -0.3 is 20.1 Å². The second kappa shape index (κ2) is 4.53. The van der Waals surface area contributed by atoms with Gasteiger partial charge >= 0.3 is 5.97 Å². The van der Waals surface area contributed by atoms with E-state index in [1.54, 1.807) is 0 Å². The van der Waals surface area contributed by atoms with E-state index in [-0.39, 0.29) is 24.3 Å². The van der Waals surface area contributed by atoms with E-state index < -0.39 is 39.5 Å². The molecule has 8 atom stereocenters. The molecule has 0 unspecified atom stereocenters. The molecule has 4 bridgehead atoms. The molecule has 5 rings (SSSR count). The number of aliphatic hydroxyl groups excluding tert-OH is 2. The van der Waals surface area contributed by atoms with Crippen molar-refractivity contribution in [3.8, 4) is 0 Å². The fourth-order valence-electron chi connectivity index (χ4n) is 8.10. The zero-order valence-electron chi connectivity index (χ0n) is 15.5. The summed E-state index contributed by atoms with van der Waals surface area (Å²) >= 11 is 0. The molecule has 4 saturated carbocycles. The molecule has 1 spiro atoms. The first-order valence-corrected chi connectivity index (χ1v) is 9.88. The third kappa shape index (κ3) is 1.47. The second-order valence-electron chi connectivity index (χ2n) is 10.1. The zero-order chi connectivity index (χ0) is 18.8. The largest absolute Gasteiger partial charge is 0.458 e. The van der Waals surface area contributed by atoms with Crippen molar-refractivity contribution in [2.24, 2.45) is 28.1 Å². The Morgan fingerprint density at radius 3 is 2.58 bits per heavy atom. The van der Waals surface area contributed by atoms with Crippen LogP contribution in [0.25, 0.3) is 0 Å². The molecule has 0 aromatic rings. The third-order valence-corrected chi connectivity index (χ3v) is 9.41.